The van der Waals surface area contributed by atoms with Gasteiger partial charge in [-0.2, -0.15) is 10.2 Å². The van der Waals surface area contributed by atoms with E-state index in [0.29, 0.717) is 73.1 Å². The molecule has 0 saturated carbocycles. The Kier molecular flexibility index (Phi) is 10.9. The Morgan fingerprint density at radius 2 is 1.05 bits per heavy atom. The maximum Gasteiger partial charge on any atom is 0.341 e. The molecule has 2 amide bonds. The molecule has 4 aromatic heterocycles. The fraction of sp³-hybridized carbons (Fsp3) is 0.417. The summed E-state index contributed by atoms with van der Waals surface area (Å²) in [4.78, 5) is 71.5. The van der Waals surface area contributed by atoms with Gasteiger partial charge >= 0.3 is 11.9 Å². The number of benzene rings is 2. The smallest absolute Gasteiger partial charge is 0.341 e. The number of nitrogens with zero attached hydrogens (tertiary/aromatic N) is 6. The highest BCUT2D eigenvalue weighted by atomic mass is 16.5. The van der Waals surface area contributed by atoms with Crippen molar-refractivity contribution in [1.82, 2.24) is 39.3 Å². The third-order valence-corrected chi connectivity index (χ3v) is 13.0. The molecule has 2 aromatic carbocycles. The van der Waals surface area contributed by atoms with Crippen molar-refractivity contribution in [3.63, 3.8) is 0 Å². The average molecular weight is 901 g/mol. The SMILES string of the molecule is CC(C)(C)[C@@H]1Cn2nc3c(OC[C@@H]4CCC(=O)N4)cccc3c2-c2cc(=O)c(C(=O)O)cn21.CC(C)(C)[C@H]1Cn2nc3c(OC[C@@H]4CCC(=O)N4)cccc3c2-c2cc(=O)c(C(=O)O)cn21. The van der Waals surface area contributed by atoms with E-state index in [9.17, 15) is 39.0 Å². The Bertz CT molecular complexity index is 2900. The third kappa shape index (κ3) is 7.97. The topological polar surface area (TPSA) is 231 Å². The molecule has 4 N–H and O–H groups in total. The van der Waals surface area contributed by atoms with Crippen LogP contribution in [0.3, 0.4) is 0 Å². The number of hydrogen-bond donors (Lipinski definition) is 4. The lowest BCUT2D eigenvalue weighted by Gasteiger charge is -2.38. The number of carboxylic acid groups (broad SMARTS) is 2. The van der Waals surface area contributed by atoms with Gasteiger partial charge in [0.15, 0.2) is 10.9 Å². The Hall–Kier alpha value is -7.24. The van der Waals surface area contributed by atoms with Gasteiger partial charge in [0.1, 0.15) is 46.9 Å². The lowest BCUT2D eigenvalue weighted by atomic mass is 9.85. The van der Waals surface area contributed by atoms with E-state index < -0.39 is 22.8 Å². The molecule has 4 aliphatic rings. The summed E-state index contributed by atoms with van der Waals surface area (Å²) in [6.45, 7) is 14.3. The summed E-state index contributed by atoms with van der Waals surface area (Å²) in [6.07, 6.45) is 5.42. The van der Waals surface area contributed by atoms with Crippen LogP contribution in [0.2, 0.25) is 0 Å². The average Bonchev–Trinajstić information content (AvgIpc) is 4.05. The number of carbonyl (C=O) groups is 4. The Morgan fingerprint density at radius 3 is 1.38 bits per heavy atom. The molecule has 0 spiro atoms. The van der Waals surface area contributed by atoms with Gasteiger partial charge in [-0.3, -0.25) is 28.5 Å². The number of carboxylic acids is 2. The molecule has 0 unspecified atom stereocenters. The van der Waals surface area contributed by atoms with Crippen LogP contribution in [0, 0.1) is 10.8 Å². The van der Waals surface area contributed by atoms with Crippen molar-refractivity contribution < 1.29 is 38.9 Å². The molecule has 0 aliphatic carbocycles. The van der Waals surface area contributed by atoms with Gasteiger partial charge in [-0.05, 0) is 35.8 Å². The van der Waals surface area contributed by atoms with Crippen LogP contribution in [0.4, 0.5) is 0 Å². The summed E-state index contributed by atoms with van der Waals surface area (Å²) in [5.74, 6) is -1.17. The minimum atomic E-state index is -1.23. The minimum Gasteiger partial charge on any atom is -0.489 e. The molecule has 0 radical (unpaired) electrons. The van der Waals surface area contributed by atoms with E-state index in [0.717, 1.165) is 35.0 Å². The maximum absolute atomic E-state index is 12.6. The fourth-order valence-electron chi connectivity index (χ4n) is 9.48. The van der Waals surface area contributed by atoms with Gasteiger partial charge in [0.25, 0.3) is 0 Å². The van der Waals surface area contributed by atoms with Crippen molar-refractivity contribution in [2.45, 2.75) is 104 Å². The Morgan fingerprint density at radius 1 is 0.652 bits per heavy atom. The molecule has 8 heterocycles. The summed E-state index contributed by atoms with van der Waals surface area (Å²) >= 11 is 0. The molecular formula is C48H52N8O10. The highest BCUT2D eigenvalue weighted by Crippen LogP contribution is 2.45. The van der Waals surface area contributed by atoms with Crippen LogP contribution in [0.1, 0.15) is 100 Å². The van der Waals surface area contributed by atoms with Crippen molar-refractivity contribution in [3.05, 3.63) is 92.5 Å². The summed E-state index contributed by atoms with van der Waals surface area (Å²) in [7, 11) is 0. The van der Waals surface area contributed by atoms with Crippen molar-refractivity contribution in [1.29, 1.82) is 0 Å². The van der Waals surface area contributed by atoms with Crippen LogP contribution in [0.25, 0.3) is 44.6 Å². The van der Waals surface area contributed by atoms with Gasteiger partial charge in [0, 0.05) is 48.1 Å². The second kappa shape index (κ2) is 16.3. The zero-order valence-corrected chi connectivity index (χ0v) is 37.6. The largest absolute Gasteiger partial charge is 0.489 e. The van der Waals surface area contributed by atoms with E-state index in [1.807, 2.05) is 54.9 Å². The number of nitrogens with one attached hydrogen (secondary N) is 2. The molecule has 66 heavy (non-hydrogen) atoms. The number of aromatic nitrogens is 6. The lowest BCUT2D eigenvalue weighted by Crippen LogP contribution is -2.35. The third-order valence-electron chi connectivity index (χ3n) is 13.0. The number of hydrogen-bond acceptors (Lipinski definition) is 10. The summed E-state index contributed by atoms with van der Waals surface area (Å²) < 4.78 is 19.7. The number of carbonyl (C=O) groups excluding carboxylic acids is 2. The van der Waals surface area contributed by atoms with Gasteiger partial charge in [0.05, 0.1) is 60.0 Å². The van der Waals surface area contributed by atoms with Gasteiger partial charge in [-0.1, -0.05) is 65.8 Å². The first-order valence-corrected chi connectivity index (χ1v) is 22.1. The van der Waals surface area contributed by atoms with Crippen LogP contribution in [-0.4, -0.2) is 88.0 Å². The first-order valence-electron chi connectivity index (χ1n) is 22.1. The Labute approximate surface area is 378 Å². The first kappa shape index (κ1) is 44.0. The molecule has 2 fully saturated rings. The standard InChI is InChI=1S/2C24H26N4O5/c2*1-24(2,3)19-11-28-22(16-9-17(29)15(23(31)32)10-27(16)19)14-5-4-6-18(21(14)26-28)33-12-13-7-8-20(30)25-13/h2*4-6,9-10,13,19H,7-8,11-12H2,1-3H3,(H,25,30)(H,31,32)/t13-,19+;13-,19-/m00/s1. The first-order chi connectivity index (χ1) is 31.3. The fourth-order valence-corrected chi connectivity index (χ4v) is 9.48. The van der Waals surface area contributed by atoms with Gasteiger partial charge in [0.2, 0.25) is 11.8 Å². The zero-order chi connectivity index (χ0) is 47.0. The minimum absolute atomic E-state index is 0.0241. The number of ether oxygens (including phenoxy) is 2. The summed E-state index contributed by atoms with van der Waals surface area (Å²) in [6, 6.07) is 13.8. The molecule has 6 aromatic rings. The van der Waals surface area contributed by atoms with E-state index in [2.05, 4.69) is 52.2 Å². The van der Waals surface area contributed by atoms with E-state index in [-0.39, 0.29) is 57.9 Å². The molecule has 10 rings (SSSR count). The predicted octanol–water partition coefficient (Wildman–Crippen LogP) is 5.64. The van der Waals surface area contributed by atoms with Crippen molar-refractivity contribution >= 4 is 45.6 Å². The van der Waals surface area contributed by atoms with Gasteiger partial charge in [-0.15, -0.1) is 0 Å². The molecule has 4 aliphatic heterocycles. The van der Waals surface area contributed by atoms with Crippen LogP contribution >= 0.6 is 0 Å². The highest BCUT2D eigenvalue weighted by Gasteiger charge is 2.37. The number of amides is 2. The number of rotatable bonds is 8. The van der Waals surface area contributed by atoms with Crippen molar-refractivity contribution in [2.75, 3.05) is 13.2 Å². The number of aromatic carboxylic acids is 2. The molecule has 0 bridgehead atoms. The number of pyridine rings is 2. The summed E-state index contributed by atoms with van der Waals surface area (Å²) in [5.41, 5.74) is 2.17. The lowest BCUT2D eigenvalue weighted by molar-refractivity contribution is -0.120. The normalized spacial score (nSPS) is 19.8. The Balaban J connectivity index is 0.000000166. The van der Waals surface area contributed by atoms with E-state index >= 15 is 0 Å². The van der Waals surface area contributed by atoms with Crippen molar-refractivity contribution in [2.24, 2.45) is 10.8 Å². The molecule has 18 nitrogen and oxygen atoms in total. The zero-order valence-electron chi connectivity index (χ0n) is 37.6. The predicted molar refractivity (Wildman–Crippen MR) is 243 cm³/mol. The quantitative estimate of drug-likeness (QED) is 0.145. The number of fused-ring (bicyclic) bond motifs is 10. The molecule has 18 heteroatoms. The van der Waals surface area contributed by atoms with Crippen LogP contribution in [0.15, 0.2) is 70.5 Å². The molecule has 4 atom stereocenters. The second-order valence-electron chi connectivity index (χ2n) is 19.7. The van der Waals surface area contributed by atoms with E-state index in [1.54, 1.807) is 0 Å². The van der Waals surface area contributed by atoms with Crippen LogP contribution in [-0.2, 0) is 22.7 Å². The maximum atomic E-state index is 12.6. The van der Waals surface area contributed by atoms with Gasteiger partial charge < -0.3 is 39.5 Å². The molecule has 2 saturated heterocycles. The monoisotopic (exact) mass is 900 g/mol. The van der Waals surface area contributed by atoms with Crippen LogP contribution in [0.5, 0.6) is 11.5 Å². The van der Waals surface area contributed by atoms with E-state index in [1.165, 1.54) is 24.5 Å². The molecular weight excluding hydrogens is 849 g/mol. The van der Waals surface area contributed by atoms with Crippen LogP contribution < -0.4 is 31.0 Å². The van der Waals surface area contributed by atoms with Crippen molar-refractivity contribution in [3.8, 4) is 34.3 Å². The second-order valence-corrected chi connectivity index (χ2v) is 19.7. The van der Waals surface area contributed by atoms with E-state index in [4.69, 9.17) is 19.7 Å². The highest BCUT2D eigenvalue weighted by molar-refractivity contribution is 5.98. The van der Waals surface area contributed by atoms with Gasteiger partial charge in [-0.25, -0.2) is 9.59 Å². The summed E-state index contributed by atoms with van der Waals surface area (Å²) in [5, 5.41) is 36.1. The molecule has 344 valence electrons.